The fraction of sp³-hybridized carbons (Fsp3) is 0.263. The molecular weight excluding hydrogens is 368 g/mol. The summed E-state index contributed by atoms with van der Waals surface area (Å²) in [6.07, 6.45) is 1.10. The average molecular weight is 386 g/mol. The highest BCUT2D eigenvalue weighted by Gasteiger charge is 2.27. The van der Waals surface area contributed by atoms with Gasteiger partial charge in [-0.3, -0.25) is 9.17 Å². The van der Waals surface area contributed by atoms with Crippen LogP contribution in [-0.2, 0) is 14.3 Å². The van der Waals surface area contributed by atoms with Crippen molar-refractivity contribution in [2.24, 2.45) is 0 Å². The Bertz CT molecular complexity index is 1100. The molecule has 0 saturated heterocycles. The molecule has 0 saturated carbocycles. The van der Waals surface area contributed by atoms with Gasteiger partial charge in [0, 0.05) is 6.20 Å². The monoisotopic (exact) mass is 386 g/mol. The van der Waals surface area contributed by atoms with E-state index in [4.69, 9.17) is 13.7 Å². The summed E-state index contributed by atoms with van der Waals surface area (Å²) < 4.78 is 41.5. The smallest absolute Gasteiger partial charge is 0.297 e. The molecule has 1 aliphatic heterocycles. The summed E-state index contributed by atoms with van der Waals surface area (Å²) in [5.74, 6) is 1.01. The van der Waals surface area contributed by atoms with Gasteiger partial charge in [0.1, 0.15) is 18.7 Å². The molecular formula is C19H18N2O5S. The standard InChI is InChI=1S/C19H18N2O5S/c1-12-3-5-15(6-4-12)27(22,23)25-11-14-10-24-17-8-7-16-18(19(17)26-14)21-13(2)9-20-16/h3-9,14H,10-11H2,1-2H3. The fourth-order valence-electron chi connectivity index (χ4n) is 2.75. The van der Waals surface area contributed by atoms with E-state index in [2.05, 4.69) is 9.97 Å². The van der Waals surface area contributed by atoms with Crippen LogP contribution in [0.15, 0.2) is 47.5 Å². The Kier molecular flexibility index (Phi) is 4.45. The molecule has 2 heterocycles. The third kappa shape index (κ3) is 3.58. The largest absolute Gasteiger partial charge is 0.486 e. The maximum absolute atomic E-state index is 12.3. The lowest BCUT2D eigenvalue weighted by Gasteiger charge is -2.26. The minimum Gasteiger partial charge on any atom is -0.486 e. The van der Waals surface area contributed by atoms with Crippen LogP contribution >= 0.6 is 0 Å². The lowest BCUT2D eigenvalue weighted by Crippen LogP contribution is -2.34. The lowest BCUT2D eigenvalue weighted by atomic mass is 10.2. The summed E-state index contributed by atoms with van der Waals surface area (Å²) >= 11 is 0. The van der Waals surface area contributed by atoms with Gasteiger partial charge in [0.05, 0.1) is 16.1 Å². The molecule has 1 aromatic heterocycles. The van der Waals surface area contributed by atoms with Gasteiger partial charge in [0.25, 0.3) is 10.1 Å². The molecule has 0 spiro atoms. The van der Waals surface area contributed by atoms with Crippen LogP contribution in [-0.4, -0.2) is 37.7 Å². The van der Waals surface area contributed by atoms with Crippen molar-refractivity contribution in [3.63, 3.8) is 0 Å². The second-order valence-electron chi connectivity index (χ2n) is 6.37. The minimum absolute atomic E-state index is 0.108. The first-order valence-corrected chi connectivity index (χ1v) is 9.85. The molecule has 1 atom stereocenters. The molecule has 3 aromatic rings. The number of ether oxygens (including phenoxy) is 2. The predicted octanol–water partition coefficient (Wildman–Crippen LogP) is 2.79. The third-order valence-corrected chi connectivity index (χ3v) is 5.48. The highest BCUT2D eigenvalue weighted by Crippen LogP contribution is 2.37. The van der Waals surface area contributed by atoms with Crippen molar-refractivity contribution < 1.29 is 22.1 Å². The first kappa shape index (κ1) is 17.7. The summed E-state index contributed by atoms with van der Waals surface area (Å²) in [4.78, 5) is 8.89. The quantitative estimate of drug-likeness (QED) is 0.637. The Morgan fingerprint density at radius 1 is 1.15 bits per heavy atom. The zero-order valence-electron chi connectivity index (χ0n) is 14.9. The van der Waals surface area contributed by atoms with E-state index < -0.39 is 16.2 Å². The Balaban J connectivity index is 1.53. The van der Waals surface area contributed by atoms with Gasteiger partial charge >= 0.3 is 0 Å². The van der Waals surface area contributed by atoms with Crippen molar-refractivity contribution >= 4 is 21.2 Å². The Labute approximate surface area is 157 Å². The minimum atomic E-state index is -3.87. The zero-order valence-corrected chi connectivity index (χ0v) is 15.7. The van der Waals surface area contributed by atoms with Crippen LogP contribution in [0.1, 0.15) is 11.3 Å². The van der Waals surface area contributed by atoms with Crippen molar-refractivity contribution in [1.82, 2.24) is 9.97 Å². The van der Waals surface area contributed by atoms with Gasteiger partial charge in [0.2, 0.25) is 0 Å². The van der Waals surface area contributed by atoms with E-state index in [0.29, 0.717) is 22.5 Å². The third-order valence-electron chi connectivity index (χ3n) is 4.18. The molecule has 4 rings (SSSR count). The Morgan fingerprint density at radius 2 is 1.93 bits per heavy atom. The molecule has 8 heteroatoms. The van der Waals surface area contributed by atoms with Crippen molar-refractivity contribution in [2.45, 2.75) is 24.8 Å². The van der Waals surface area contributed by atoms with Crippen LogP contribution < -0.4 is 9.47 Å². The summed E-state index contributed by atoms with van der Waals surface area (Å²) in [6, 6.07) is 10.1. The Hall–Kier alpha value is -2.71. The molecule has 2 aromatic carbocycles. The number of nitrogens with zero attached hydrogens (tertiary/aromatic N) is 2. The molecule has 0 fully saturated rings. The predicted molar refractivity (Wildman–Crippen MR) is 98.5 cm³/mol. The molecule has 0 aliphatic carbocycles. The van der Waals surface area contributed by atoms with Gasteiger partial charge in [-0.2, -0.15) is 8.42 Å². The molecule has 0 amide bonds. The molecule has 1 aliphatic rings. The van der Waals surface area contributed by atoms with Crippen molar-refractivity contribution in [3.8, 4) is 11.5 Å². The van der Waals surface area contributed by atoms with E-state index in [9.17, 15) is 8.42 Å². The maximum Gasteiger partial charge on any atom is 0.297 e. The number of hydrogen-bond donors (Lipinski definition) is 0. The van der Waals surface area contributed by atoms with Crippen LogP contribution in [0.4, 0.5) is 0 Å². The highest BCUT2D eigenvalue weighted by atomic mass is 32.2. The number of hydrogen-bond acceptors (Lipinski definition) is 7. The second kappa shape index (κ2) is 6.79. The van der Waals surface area contributed by atoms with Gasteiger partial charge in [-0.05, 0) is 38.1 Å². The van der Waals surface area contributed by atoms with Crippen molar-refractivity contribution in [2.75, 3.05) is 13.2 Å². The van der Waals surface area contributed by atoms with Crippen LogP contribution in [0.5, 0.6) is 11.5 Å². The molecule has 0 bridgehead atoms. The fourth-order valence-corrected chi connectivity index (χ4v) is 3.69. The maximum atomic E-state index is 12.3. The lowest BCUT2D eigenvalue weighted by molar-refractivity contribution is 0.0569. The zero-order chi connectivity index (χ0) is 19.0. The first-order valence-electron chi connectivity index (χ1n) is 8.44. The molecule has 27 heavy (non-hydrogen) atoms. The molecule has 140 valence electrons. The summed E-state index contributed by atoms with van der Waals surface area (Å²) in [6.45, 7) is 3.74. The van der Waals surface area contributed by atoms with E-state index >= 15 is 0 Å². The van der Waals surface area contributed by atoms with Gasteiger partial charge in [-0.25, -0.2) is 4.98 Å². The van der Waals surface area contributed by atoms with Gasteiger partial charge in [0.15, 0.2) is 17.6 Å². The average Bonchev–Trinajstić information content (AvgIpc) is 2.66. The number of aryl methyl sites for hydroxylation is 2. The van der Waals surface area contributed by atoms with Gasteiger partial charge < -0.3 is 9.47 Å². The Morgan fingerprint density at radius 3 is 2.70 bits per heavy atom. The topological polar surface area (TPSA) is 87.6 Å². The molecule has 0 N–H and O–H groups in total. The SMILES string of the molecule is Cc1ccc(S(=O)(=O)OCC2COc3ccc4ncc(C)nc4c3O2)cc1. The van der Waals surface area contributed by atoms with Crippen LogP contribution in [0.3, 0.4) is 0 Å². The van der Waals surface area contributed by atoms with E-state index in [-0.39, 0.29) is 18.1 Å². The van der Waals surface area contributed by atoms with E-state index in [0.717, 1.165) is 11.3 Å². The van der Waals surface area contributed by atoms with Crippen molar-refractivity contribution in [3.05, 3.63) is 53.9 Å². The van der Waals surface area contributed by atoms with E-state index in [1.807, 2.05) is 19.9 Å². The molecule has 0 radical (unpaired) electrons. The normalized spacial score (nSPS) is 16.4. The van der Waals surface area contributed by atoms with E-state index in [1.54, 1.807) is 24.4 Å². The number of fused-ring (bicyclic) bond motifs is 3. The molecule has 7 nitrogen and oxygen atoms in total. The number of aromatic nitrogens is 2. The first-order chi connectivity index (χ1) is 12.9. The molecule has 1 unspecified atom stereocenters. The summed E-state index contributed by atoms with van der Waals surface area (Å²) in [5, 5.41) is 0. The highest BCUT2D eigenvalue weighted by molar-refractivity contribution is 7.86. The number of benzene rings is 2. The summed E-state index contributed by atoms with van der Waals surface area (Å²) in [7, 11) is -3.87. The van der Waals surface area contributed by atoms with Gasteiger partial charge in [-0.1, -0.05) is 17.7 Å². The number of rotatable bonds is 4. The van der Waals surface area contributed by atoms with E-state index in [1.165, 1.54) is 12.1 Å². The van der Waals surface area contributed by atoms with Crippen LogP contribution in [0.25, 0.3) is 11.0 Å². The van der Waals surface area contributed by atoms with Crippen molar-refractivity contribution in [1.29, 1.82) is 0 Å². The van der Waals surface area contributed by atoms with Crippen LogP contribution in [0.2, 0.25) is 0 Å². The second-order valence-corrected chi connectivity index (χ2v) is 7.99. The van der Waals surface area contributed by atoms with Crippen LogP contribution in [0, 0.1) is 13.8 Å². The van der Waals surface area contributed by atoms with Gasteiger partial charge in [-0.15, -0.1) is 0 Å². The summed E-state index contributed by atoms with van der Waals surface area (Å²) in [5.41, 5.74) is 2.98.